The van der Waals surface area contributed by atoms with Crippen molar-refractivity contribution in [3.05, 3.63) is 48.2 Å². The van der Waals surface area contributed by atoms with Crippen LogP contribution in [-0.4, -0.2) is 39.8 Å². The van der Waals surface area contributed by atoms with Crippen LogP contribution in [0.4, 0.5) is 0 Å². The number of aryl methyl sites for hydroxylation is 1. The Balaban J connectivity index is 1.45. The zero-order chi connectivity index (χ0) is 19.0. The first-order valence-electron chi connectivity index (χ1n) is 9.06. The summed E-state index contributed by atoms with van der Waals surface area (Å²) in [5, 5.41) is 14.2. The van der Waals surface area contributed by atoms with Gasteiger partial charge >= 0.3 is 0 Å². The highest BCUT2D eigenvalue weighted by atomic mass is 16.5. The molecule has 1 aliphatic carbocycles. The second kappa shape index (κ2) is 7.08. The number of aliphatic hydroxyl groups excluding tert-OH is 1. The number of carbonyl (C=O) groups excluding carboxylic acids is 1. The summed E-state index contributed by atoms with van der Waals surface area (Å²) in [6, 6.07) is 5.13. The largest absolute Gasteiger partial charge is 0.497 e. The molecule has 0 saturated heterocycles. The van der Waals surface area contributed by atoms with Crippen molar-refractivity contribution < 1.29 is 19.1 Å². The minimum atomic E-state index is -0.561. The number of hydrogen-bond donors (Lipinski definition) is 2. The predicted octanol–water partition coefficient (Wildman–Crippen LogP) is 2.52. The number of aliphatic hydroxyl groups is 1. The molecule has 3 atom stereocenters. The van der Waals surface area contributed by atoms with Crippen LogP contribution in [0.15, 0.2) is 41.3 Å². The molecule has 1 saturated carbocycles. The van der Waals surface area contributed by atoms with E-state index in [1.807, 2.05) is 23.8 Å². The van der Waals surface area contributed by atoms with E-state index in [9.17, 15) is 9.90 Å². The van der Waals surface area contributed by atoms with Gasteiger partial charge in [-0.2, -0.15) is 0 Å². The van der Waals surface area contributed by atoms with Crippen LogP contribution in [0.3, 0.4) is 0 Å². The summed E-state index contributed by atoms with van der Waals surface area (Å²) in [4.78, 5) is 16.7. The number of nitrogens with zero attached hydrogens (tertiary/aromatic N) is 2. The van der Waals surface area contributed by atoms with E-state index in [0.29, 0.717) is 23.7 Å². The number of rotatable bonds is 5. The highest BCUT2D eigenvalue weighted by molar-refractivity contribution is 5.97. The average molecular weight is 369 g/mol. The molecule has 0 bridgehead atoms. The maximum Gasteiger partial charge on any atom is 0.287 e. The number of imidazole rings is 1. The molecule has 1 aromatic carbocycles. The second-order valence-electron chi connectivity index (χ2n) is 7.21. The van der Waals surface area contributed by atoms with Crippen molar-refractivity contribution in [1.29, 1.82) is 0 Å². The van der Waals surface area contributed by atoms with Crippen LogP contribution in [0.5, 0.6) is 5.75 Å². The third-order valence-corrected chi connectivity index (χ3v) is 5.25. The Labute approximate surface area is 157 Å². The van der Waals surface area contributed by atoms with E-state index in [4.69, 9.17) is 9.15 Å². The van der Waals surface area contributed by atoms with Gasteiger partial charge in [-0.05, 0) is 43.4 Å². The topological polar surface area (TPSA) is 89.5 Å². The fourth-order valence-corrected chi connectivity index (χ4v) is 3.87. The van der Waals surface area contributed by atoms with Gasteiger partial charge in [0.1, 0.15) is 11.3 Å². The number of fused-ring (bicyclic) bond motifs is 1. The fourth-order valence-electron chi connectivity index (χ4n) is 3.87. The van der Waals surface area contributed by atoms with E-state index in [1.54, 1.807) is 31.8 Å². The zero-order valence-corrected chi connectivity index (χ0v) is 15.4. The molecule has 3 aromatic rings. The molecule has 0 radical (unpaired) electrons. The maximum absolute atomic E-state index is 12.6. The normalized spacial score (nSPS) is 22.3. The van der Waals surface area contributed by atoms with Gasteiger partial charge in [-0.3, -0.25) is 4.79 Å². The molecule has 1 unspecified atom stereocenters. The Hall–Kier alpha value is -2.80. The van der Waals surface area contributed by atoms with Crippen molar-refractivity contribution in [2.45, 2.75) is 38.5 Å². The van der Waals surface area contributed by atoms with E-state index in [1.165, 1.54) is 0 Å². The van der Waals surface area contributed by atoms with E-state index in [2.05, 4.69) is 10.3 Å². The monoisotopic (exact) mass is 369 g/mol. The number of hydrogen-bond acceptors (Lipinski definition) is 5. The van der Waals surface area contributed by atoms with Gasteiger partial charge in [0.05, 0.1) is 25.6 Å². The summed E-state index contributed by atoms with van der Waals surface area (Å²) in [6.45, 7) is 2.73. The van der Waals surface area contributed by atoms with E-state index in [-0.39, 0.29) is 17.7 Å². The Morgan fingerprint density at radius 2 is 2.26 bits per heavy atom. The molecule has 0 spiro atoms. The molecule has 7 nitrogen and oxygen atoms in total. The smallest absolute Gasteiger partial charge is 0.287 e. The van der Waals surface area contributed by atoms with Crippen molar-refractivity contribution in [1.82, 2.24) is 14.9 Å². The van der Waals surface area contributed by atoms with Crippen LogP contribution in [-0.2, 0) is 6.54 Å². The first-order chi connectivity index (χ1) is 13.0. The van der Waals surface area contributed by atoms with Crippen molar-refractivity contribution in [3.63, 3.8) is 0 Å². The summed E-state index contributed by atoms with van der Waals surface area (Å²) in [5.74, 6) is 0.917. The minimum absolute atomic E-state index is 0.242. The molecule has 2 N–H and O–H groups in total. The SMILES string of the molecule is COc1cc(C)c2cc(C(=O)N[C@@H]3CC(Cn4ccnc4)C[C@H]3O)oc2c1. The lowest BCUT2D eigenvalue weighted by Gasteiger charge is -2.15. The van der Waals surface area contributed by atoms with Gasteiger partial charge in [-0.1, -0.05) is 0 Å². The van der Waals surface area contributed by atoms with Gasteiger partial charge in [0.15, 0.2) is 5.76 Å². The first-order valence-corrected chi connectivity index (χ1v) is 9.06. The molecule has 0 aliphatic heterocycles. The Bertz CT molecular complexity index is 948. The number of amides is 1. The van der Waals surface area contributed by atoms with Crippen LogP contribution in [0.1, 0.15) is 29.0 Å². The van der Waals surface area contributed by atoms with Gasteiger partial charge < -0.3 is 24.1 Å². The quantitative estimate of drug-likeness (QED) is 0.721. The van der Waals surface area contributed by atoms with Gasteiger partial charge in [-0.25, -0.2) is 4.98 Å². The van der Waals surface area contributed by atoms with Crippen LogP contribution in [0, 0.1) is 12.8 Å². The van der Waals surface area contributed by atoms with Crippen molar-refractivity contribution in [3.8, 4) is 5.75 Å². The number of furan rings is 1. The molecular weight excluding hydrogens is 346 g/mol. The van der Waals surface area contributed by atoms with Crippen LogP contribution >= 0.6 is 0 Å². The first kappa shape index (κ1) is 17.6. The molecule has 1 aliphatic rings. The third-order valence-electron chi connectivity index (χ3n) is 5.25. The van der Waals surface area contributed by atoms with E-state index in [0.717, 1.165) is 23.9 Å². The zero-order valence-electron chi connectivity index (χ0n) is 15.4. The maximum atomic E-state index is 12.6. The van der Waals surface area contributed by atoms with E-state index >= 15 is 0 Å². The summed E-state index contributed by atoms with van der Waals surface area (Å²) < 4.78 is 13.0. The highest BCUT2D eigenvalue weighted by Gasteiger charge is 2.34. The van der Waals surface area contributed by atoms with Gasteiger partial charge in [-0.15, -0.1) is 0 Å². The van der Waals surface area contributed by atoms with Crippen LogP contribution in [0.2, 0.25) is 0 Å². The summed E-state index contributed by atoms with van der Waals surface area (Å²) in [7, 11) is 1.60. The Morgan fingerprint density at radius 3 is 3.00 bits per heavy atom. The molecule has 4 rings (SSSR count). The van der Waals surface area contributed by atoms with Crippen molar-refractivity contribution in [2.75, 3.05) is 7.11 Å². The number of carbonyl (C=O) groups is 1. The lowest BCUT2D eigenvalue weighted by Crippen LogP contribution is -2.39. The van der Waals surface area contributed by atoms with Crippen molar-refractivity contribution >= 4 is 16.9 Å². The molecular formula is C20H23N3O4. The Morgan fingerprint density at radius 1 is 1.41 bits per heavy atom. The fraction of sp³-hybridized carbons (Fsp3) is 0.400. The second-order valence-corrected chi connectivity index (χ2v) is 7.21. The lowest BCUT2D eigenvalue weighted by molar-refractivity contribution is 0.0848. The van der Waals surface area contributed by atoms with Gasteiger partial charge in [0, 0.05) is 30.4 Å². The summed E-state index contributed by atoms with van der Waals surface area (Å²) in [5.41, 5.74) is 1.59. The molecule has 2 aromatic heterocycles. The molecule has 1 fully saturated rings. The molecule has 142 valence electrons. The third kappa shape index (κ3) is 3.55. The van der Waals surface area contributed by atoms with Crippen LogP contribution in [0.25, 0.3) is 11.0 Å². The standard InChI is InChI=1S/C20H23N3O4/c1-12-5-14(26-2)8-18-15(12)9-19(27-18)20(25)22-16-6-13(7-17(16)24)10-23-4-3-21-11-23/h3-5,8-9,11,13,16-17,24H,6-7,10H2,1-2H3,(H,22,25)/t13?,16-,17-/m1/s1. The van der Waals surface area contributed by atoms with Gasteiger partial charge in [0.25, 0.3) is 5.91 Å². The molecule has 1 amide bonds. The van der Waals surface area contributed by atoms with Crippen molar-refractivity contribution in [2.24, 2.45) is 5.92 Å². The lowest BCUT2D eigenvalue weighted by atomic mass is 10.1. The molecule has 7 heteroatoms. The number of ether oxygens (including phenoxy) is 1. The highest BCUT2D eigenvalue weighted by Crippen LogP contribution is 2.30. The average Bonchev–Trinajstić information content (AvgIpc) is 3.36. The van der Waals surface area contributed by atoms with E-state index < -0.39 is 6.10 Å². The molecule has 27 heavy (non-hydrogen) atoms. The Kier molecular flexibility index (Phi) is 4.61. The summed E-state index contributed by atoms with van der Waals surface area (Å²) in [6.07, 6.45) is 6.22. The van der Waals surface area contributed by atoms with Gasteiger partial charge in [0.2, 0.25) is 0 Å². The summed E-state index contributed by atoms with van der Waals surface area (Å²) >= 11 is 0. The predicted molar refractivity (Wildman–Crippen MR) is 99.7 cm³/mol. The minimum Gasteiger partial charge on any atom is -0.497 e. The number of benzene rings is 1. The molecule has 2 heterocycles. The number of aromatic nitrogens is 2. The number of methoxy groups -OCH3 is 1. The van der Waals surface area contributed by atoms with Crippen LogP contribution < -0.4 is 10.1 Å². The number of nitrogens with one attached hydrogen (secondary N) is 1.